The first-order valence-electron chi connectivity index (χ1n) is 6.13. The van der Waals surface area contributed by atoms with E-state index in [2.05, 4.69) is 22.6 Å². The van der Waals surface area contributed by atoms with Crippen molar-refractivity contribution in [3.8, 4) is 0 Å². The van der Waals surface area contributed by atoms with Crippen LogP contribution in [0.1, 0.15) is 29.3 Å². The molecule has 1 unspecified atom stereocenters. The molecule has 19 heavy (non-hydrogen) atoms. The largest absolute Gasteiger partial charge is 0.481 e. The van der Waals surface area contributed by atoms with Crippen LogP contribution in [0.2, 0.25) is 0 Å². The summed E-state index contributed by atoms with van der Waals surface area (Å²) in [5.41, 5.74) is 0.808. The number of hydrogen-bond donors (Lipinski definition) is 1. The van der Waals surface area contributed by atoms with Crippen molar-refractivity contribution in [3.05, 3.63) is 32.9 Å². The van der Waals surface area contributed by atoms with Crippen LogP contribution in [0.5, 0.6) is 0 Å². The first-order chi connectivity index (χ1) is 8.85. The van der Waals surface area contributed by atoms with Gasteiger partial charge in [0.2, 0.25) is 0 Å². The lowest BCUT2D eigenvalue weighted by atomic mass is 9.90. The maximum atomic E-state index is 12.5. The maximum absolute atomic E-state index is 12.5. The zero-order chi connectivity index (χ0) is 14.2. The van der Waals surface area contributed by atoms with Gasteiger partial charge in [-0.15, -0.1) is 0 Å². The van der Waals surface area contributed by atoms with Gasteiger partial charge in [-0.3, -0.25) is 9.59 Å². The van der Waals surface area contributed by atoms with E-state index in [-0.39, 0.29) is 12.5 Å². The van der Waals surface area contributed by atoms with E-state index >= 15 is 0 Å². The van der Waals surface area contributed by atoms with E-state index in [0.29, 0.717) is 18.5 Å². The molecule has 0 radical (unpaired) electrons. The van der Waals surface area contributed by atoms with Crippen molar-refractivity contribution in [1.29, 1.82) is 0 Å². The molecular weight excluding hydrogens is 357 g/mol. The first kappa shape index (κ1) is 14.3. The van der Waals surface area contributed by atoms with Crippen LogP contribution in [0, 0.1) is 15.9 Å². The van der Waals surface area contributed by atoms with Gasteiger partial charge in [-0.25, -0.2) is 0 Å². The van der Waals surface area contributed by atoms with Gasteiger partial charge < -0.3 is 10.0 Å². The number of halogens is 1. The second-order valence-corrected chi connectivity index (χ2v) is 6.44. The molecule has 5 heteroatoms. The van der Waals surface area contributed by atoms with Gasteiger partial charge in [-0.2, -0.15) is 0 Å². The molecule has 1 saturated heterocycles. The number of rotatable bonds is 2. The first-order valence-corrected chi connectivity index (χ1v) is 7.21. The van der Waals surface area contributed by atoms with Crippen LogP contribution in [-0.2, 0) is 4.79 Å². The summed E-state index contributed by atoms with van der Waals surface area (Å²) in [5.74, 6) is -0.894. The predicted molar refractivity (Wildman–Crippen MR) is 80.2 cm³/mol. The summed E-state index contributed by atoms with van der Waals surface area (Å²) in [5, 5.41) is 9.21. The molecule has 1 aliphatic rings. The van der Waals surface area contributed by atoms with E-state index < -0.39 is 11.4 Å². The van der Waals surface area contributed by atoms with Crippen molar-refractivity contribution < 1.29 is 14.7 Å². The lowest BCUT2D eigenvalue weighted by molar-refractivity contribution is -0.147. The smallest absolute Gasteiger partial charge is 0.311 e. The quantitative estimate of drug-likeness (QED) is 0.811. The average molecular weight is 373 g/mol. The number of hydrogen-bond acceptors (Lipinski definition) is 2. The summed E-state index contributed by atoms with van der Waals surface area (Å²) in [6.45, 7) is 4.39. The zero-order valence-electron chi connectivity index (χ0n) is 10.9. The number of carbonyl (C=O) groups is 2. The van der Waals surface area contributed by atoms with Gasteiger partial charge in [0.05, 0.1) is 11.0 Å². The number of aryl methyl sites for hydroxylation is 1. The third-order valence-electron chi connectivity index (χ3n) is 3.71. The zero-order valence-corrected chi connectivity index (χ0v) is 13.1. The Kier molecular flexibility index (Phi) is 3.85. The summed E-state index contributed by atoms with van der Waals surface area (Å²) in [4.78, 5) is 25.4. The van der Waals surface area contributed by atoms with E-state index in [4.69, 9.17) is 0 Å². The molecular formula is C14H16INO3. The molecule has 1 aliphatic heterocycles. The standard InChI is InChI=1S/C14H16INO3/c1-9-4-3-5-10(15)11(9)12(17)16-7-6-14(2,8-16)13(18)19/h3-5H,6-8H2,1-2H3,(H,18,19). The number of carboxylic acid groups (broad SMARTS) is 1. The minimum Gasteiger partial charge on any atom is -0.481 e. The fraction of sp³-hybridized carbons (Fsp3) is 0.429. The highest BCUT2D eigenvalue weighted by Crippen LogP contribution is 2.32. The van der Waals surface area contributed by atoms with Crippen molar-refractivity contribution >= 4 is 34.5 Å². The predicted octanol–water partition coefficient (Wildman–Crippen LogP) is 2.54. The molecule has 0 bridgehead atoms. The van der Waals surface area contributed by atoms with Gasteiger partial charge in [0.15, 0.2) is 0 Å². The highest BCUT2D eigenvalue weighted by atomic mass is 127. The Morgan fingerprint density at radius 2 is 2.11 bits per heavy atom. The number of nitrogens with zero attached hydrogens (tertiary/aromatic N) is 1. The van der Waals surface area contributed by atoms with Crippen molar-refractivity contribution in [2.24, 2.45) is 5.41 Å². The fourth-order valence-electron chi connectivity index (χ4n) is 2.37. The number of aliphatic carboxylic acids is 1. The monoisotopic (exact) mass is 373 g/mol. The van der Waals surface area contributed by atoms with Gasteiger partial charge in [0.25, 0.3) is 5.91 Å². The molecule has 2 rings (SSSR count). The molecule has 1 aromatic carbocycles. The minimum absolute atomic E-state index is 0.0625. The summed E-state index contributed by atoms with van der Waals surface area (Å²) < 4.78 is 0.909. The molecule has 4 nitrogen and oxygen atoms in total. The molecule has 0 aliphatic carbocycles. The molecule has 1 heterocycles. The Hall–Kier alpha value is -1.11. The van der Waals surface area contributed by atoms with E-state index in [9.17, 15) is 14.7 Å². The van der Waals surface area contributed by atoms with Crippen LogP contribution in [0.3, 0.4) is 0 Å². The Bertz CT molecular complexity index is 523. The van der Waals surface area contributed by atoms with E-state index in [1.54, 1.807) is 11.8 Å². The molecule has 1 fully saturated rings. The lowest BCUT2D eigenvalue weighted by Gasteiger charge is -2.21. The van der Waals surface area contributed by atoms with E-state index in [1.165, 1.54) is 0 Å². The highest BCUT2D eigenvalue weighted by Gasteiger charge is 2.42. The number of amides is 1. The molecule has 0 saturated carbocycles. The van der Waals surface area contributed by atoms with Gasteiger partial charge in [-0.05, 0) is 54.5 Å². The Morgan fingerprint density at radius 1 is 1.42 bits per heavy atom. The second-order valence-electron chi connectivity index (χ2n) is 5.27. The van der Waals surface area contributed by atoms with Gasteiger partial charge in [0, 0.05) is 16.7 Å². The molecule has 1 amide bonds. The molecule has 0 spiro atoms. The number of carbonyl (C=O) groups excluding carboxylic acids is 1. The molecule has 1 N–H and O–H groups in total. The van der Waals surface area contributed by atoms with Crippen LogP contribution in [0.4, 0.5) is 0 Å². The number of benzene rings is 1. The lowest BCUT2D eigenvalue weighted by Crippen LogP contribution is -2.35. The van der Waals surface area contributed by atoms with Gasteiger partial charge in [0.1, 0.15) is 0 Å². The third kappa shape index (κ3) is 2.61. The highest BCUT2D eigenvalue weighted by molar-refractivity contribution is 14.1. The number of likely N-dealkylation sites (tertiary alicyclic amines) is 1. The molecule has 102 valence electrons. The van der Waals surface area contributed by atoms with E-state index in [1.807, 2.05) is 25.1 Å². The van der Waals surface area contributed by atoms with Crippen molar-refractivity contribution in [3.63, 3.8) is 0 Å². The Labute approximate surface area is 125 Å². The van der Waals surface area contributed by atoms with Crippen LogP contribution in [0.15, 0.2) is 18.2 Å². The minimum atomic E-state index is -0.831. The summed E-state index contributed by atoms with van der Waals surface area (Å²) >= 11 is 2.15. The molecule has 1 aromatic rings. The fourth-order valence-corrected chi connectivity index (χ4v) is 3.23. The van der Waals surface area contributed by atoms with Crippen molar-refractivity contribution in [2.75, 3.05) is 13.1 Å². The summed E-state index contributed by atoms with van der Waals surface area (Å²) in [6.07, 6.45) is 0.510. The van der Waals surface area contributed by atoms with E-state index in [0.717, 1.165) is 9.13 Å². The van der Waals surface area contributed by atoms with Crippen LogP contribution in [0.25, 0.3) is 0 Å². The summed E-state index contributed by atoms with van der Waals surface area (Å²) in [6, 6.07) is 5.72. The molecule has 1 atom stereocenters. The molecule has 0 aromatic heterocycles. The van der Waals surface area contributed by atoms with Crippen molar-refractivity contribution in [1.82, 2.24) is 4.90 Å². The Morgan fingerprint density at radius 3 is 2.63 bits per heavy atom. The van der Waals surface area contributed by atoms with Gasteiger partial charge in [-0.1, -0.05) is 12.1 Å². The third-order valence-corrected chi connectivity index (χ3v) is 4.61. The Balaban J connectivity index is 2.25. The SMILES string of the molecule is Cc1cccc(I)c1C(=O)N1CCC(C)(C(=O)O)C1. The van der Waals surface area contributed by atoms with Gasteiger partial charge >= 0.3 is 5.97 Å². The van der Waals surface area contributed by atoms with Crippen LogP contribution in [-0.4, -0.2) is 35.0 Å². The summed E-state index contributed by atoms with van der Waals surface area (Å²) in [7, 11) is 0. The normalized spacial score (nSPS) is 22.6. The van der Waals surface area contributed by atoms with Crippen molar-refractivity contribution in [2.45, 2.75) is 20.3 Å². The maximum Gasteiger partial charge on any atom is 0.311 e. The van der Waals surface area contributed by atoms with Crippen LogP contribution < -0.4 is 0 Å². The number of carboxylic acids is 1. The topological polar surface area (TPSA) is 57.6 Å². The van der Waals surface area contributed by atoms with Crippen LogP contribution >= 0.6 is 22.6 Å². The second kappa shape index (κ2) is 5.11. The average Bonchev–Trinajstić information content (AvgIpc) is 2.73.